The van der Waals surface area contributed by atoms with Gasteiger partial charge >= 0.3 is 0 Å². The second kappa shape index (κ2) is 4.30. The van der Waals surface area contributed by atoms with Gasteiger partial charge in [0.05, 0.1) is 12.1 Å². The minimum atomic E-state index is -0.768. The molecule has 1 atom stereocenters. The highest BCUT2D eigenvalue weighted by Crippen LogP contribution is 2.19. The van der Waals surface area contributed by atoms with E-state index in [9.17, 15) is 5.11 Å². The van der Waals surface area contributed by atoms with E-state index in [1.54, 1.807) is 0 Å². The molecule has 1 unspecified atom stereocenters. The summed E-state index contributed by atoms with van der Waals surface area (Å²) in [5, 5.41) is 16.5. The van der Waals surface area contributed by atoms with E-state index in [1.807, 2.05) is 0 Å². The van der Waals surface area contributed by atoms with Crippen LogP contribution in [0.4, 0.5) is 0 Å². The molecule has 0 aromatic heterocycles. The molecule has 1 aliphatic rings. The molecule has 0 bridgehead atoms. The first-order valence-corrected chi connectivity index (χ1v) is 4.21. The molecule has 1 fully saturated rings. The Balaban J connectivity index is 2.47. The van der Waals surface area contributed by atoms with Crippen molar-refractivity contribution in [2.24, 2.45) is 5.11 Å². The highest BCUT2D eigenvalue weighted by atomic mass is 16.3. The van der Waals surface area contributed by atoms with Crippen LogP contribution >= 0.6 is 0 Å². The summed E-state index contributed by atoms with van der Waals surface area (Å²) in [6.07, 6.45) is 2.34. The molecule has 1 aliphatic heterocycles. The number of nitrogens with one attached hydrogen (secondary N) is 1. The summed E-state index contributed by atoms with van der Waals surface area (Å²) < 4.78 is 0. The van der Waals surface area contributed by atoms with Crippen molar-refractivity contribution >= 4 is 0 Å². The van der Waals surface area contributed by atoms with Gasteiger partial charge in [-0.3, -0.25) is 0 Å². The highest BCUT2D eigenvalue weighted by molar-refractivity contribution is 4.84. The van der Waals surface area contributed by atoms with E-state index in [2.05, 4.69) is 15.3 Å². The van der Waals surface area contributed by atoms with E-state index in [0.29, 0.717) is 6.42 Å². The quantitative estimate of drug-likeness (QED) is 0.365. The fourth-order valence-electron chi connectivity index (χ4n) is 1.43. The predicted octanol–water partition coefficient (Wildman–Crippen LogP) is 0.801. The Morgan fingerprint density at radius 3 is 3.08 bits per heavy atom. The van der Waals surface area contributed by atoms with E-state index >= 15 is 0 Å². The van der Waals surface area contributed by atoms with Crippen molar-refractivity contribution in [2.75, 3.05) is 19.6 Å². The Hall–Kier alpha value is -0.770. The maximum absolute atomic E-state index is 9.88. The molecular weight excluding hydrogens is 156 g/mol. The van der Waals surface area contributed by atoms with Crippen LogP contribution in [0.15, 0.2) is 5.11 Å². The maximum atomic E-state index is 9.88. The molecule has 5 heteroatoms. The predicted molar refractivity (Wildman–Crippen MR) is 45.7 cm³/mol. The number of azide groups is 1. The van der Waals surface area contributed by atoms with Crippen molar-refractivity contribution in [3.8, 4) is 0 Å². The van der Waals surface area contributed by atoms with Crippen molar-refractivity contribution in [3.63, 3.8) is 0 Å². The molecule has 0 amide bonds. The average Bonchev–Trinajstić information content (AvgIpc) is 2.27. The van der Waals surface area contributed by atoms with Crippen molar-refractivity contribution in [3.05, 3.63) is 10.4 Å². The molecule has 1 heterocycles. The molecule has 5 nitrogen and oxygen atoms in total. The molecule has 12 heavy (non-hydrogen) atoms. The van der Waals surface area contributed by atoms with E-state index in [4.69, 9.17) is 5.53 Å². The number of hydrogen-bond donors (Lipinski definition) is 2. The first-order chi connectivity index (χ1) is 5.77. The van der Waals surface area contributed by atoms with E-state index in [0.717, 1.165) is 25.9 Å². The van der Waals surface area contributed by atoms with Gasteiger partial charge in [-0.25, -0.2) is 0 Å². The third kappa shape index (κ3) is 2.70. The first-order valence-electron chi connectivity index (χ1n) is 4.21. The molecule has 0 spiro atoms. The number of nitrogens with zero attached hydrogens (tertiary/aromatic N) is 3. The van der Waals surface area contributed by atoms with Crippen LogP contribution in [0, 0.1) is 0 Å². The Morgan fingerprint density at radius 1 is 1.50 bits per heavy atom. The molecule has 0 saturated carbocycles. The fraction of sp³-hybridized carbons (Fsp3) is 1.00. The minimum Gasteiger partial charge on any atom is -0.390 e. The number of aliphatic hydroxyl groups is 1. The van der Waals surface area contributed by atoms with Gasteiger partial charge in [0, 0.05) is 4.91 Å². The summed E-state index contributed by atoms with van der Waals surface area (Å²) >= 11 is 0. The number of hydrogen-bond acceptors (Lipinski definition) is 3. The SMILES string of the molecule is [N-]=[N+]=NCC1(O)CCCNCC1. The summed E-state index contributed by atoms with van der Waals surface area (Å²) in [5.74, 6) is 0. The fourth-order valence-corrected chi connectivity index (χ4v) is 1.43. The van der Waals surface area contributed by atoms with E-state index < -0.39 is 5.60 Å². The molecule has 68 valence electrons. The van der Waals surface area contributed by atoms with Crippen LogP contribution < -0.4 is 5.32 Å². The Bertz CT molecular complexity index is 180. The third-order valence-electron chi connectivity index (χ3n) is 2.19. The summed E-state index contributed by atoms with van der Waals surface area (Å²) in [5.41, 5.74) is 7.35. The molecule has 0 radical (unpaired) electrons. The minimum absolute atomic E-state index is 0.200. The topological polar surface area (TPSA) is 81.0 Å². The zero-order valence-electron chi connectivity index (χ0n) is 7.03. The molecule has 1 rings (SSSR count). The first kappa shape index (κ1) is 9.32. The third-order valence-corrected chi connectivity index (χ3v) is 2.19. The lowest BCUT2D eigenvalue weighted by Crippen LogP contribution is -2.33. The summed E-state index contributed by atoms with van der Waals surface area (Å²) in [6.45, 7) is 1.95. The smallest absolute Gasteiger partial charge is 0.0716 e. The van der Waals surface area contributed by atoms with Crippen molar-refractivity contribution in [1.82, 2.24) is 5.32 Å². The molecule has 0 aliphatic carbocycles. The van der Waals surface area contributed by atoms with Crippen LogP contribution in [0.1, 0.15) is 19.3 Å². The van der Waals surface area contributed by atoms with Crippen LogP contribution in [0.25, 0.3) is 10.4 Å². The van der Waals surface area contributed by atoms with Crippen LogP contribution in [0.3, 0.4) is 0 Å². The maximum Gasteiger partial charge on any atom is 0.0716 e. The van der Waals surface area contributed by atoms with E-state index in [1.165, 1.54) is 0 Å². The van der Waals surface area contributed by atoms with Gasteiger partial charge in [-0.05, 0) is 37.9 Å². The molecule has 0 aromatic carbocycles. The Labute approximate surface area is 71.4 Å². The number of rotatable bonds is 2. The van der Waals surface area contributed by atoms with Crippen molar-refractivity contribution in [2.45, 2.75) is 24.9 Å². The van der Waals surface area contributed by atoms with Crippen LogP contribution in [-0.4, -0.2) is 30.3 Å². The lowest BCUT2D eigenvalue weighted by molar-refractivity contribution is 0.0372. The zero-order chi connectivity index (χ0) is 8.86. The van der Waals surface area contributed by atoms with Crippen molar-refractivity contribution < 1.29 is 5.11 Å². The Morgan fingerprint density at radius 2 is 2.33 bits per heavy atom. The van der Waals surface area contributed by atoms with Gasteiger partial charge in [0.1, 0.15) is 0 Å². The lowest BCUT2D eigenvalue weighted by atomic mass is 9.95. The van der Waals surface area contributed by atoms with Gasteiger partial charge in [-0.2, -0.15) is 0 Å². The van der Waals surface area contributed by atoms with Gasteiger partial charge in [-0.15, -0.1) is 0 Å². The molecule has 0 aromatic rings. The van der Waals surface area contributed by atoms with Gasteiger partial charge in [0.25, 0.3) is 0 Å². The molecule has 2 N–H and O–H groups in total. The lowest BCUT2D eigenvalue weighted by Gasteiger charge is -2.23. The largest absolute Gasteiger partial charge is 0.390 e. The van der Waals surface area contributed by atoms with Gasteiger partial charge in [-0.1, -0.05) is 5.11 Å². The van der Waals surface area contributed by atoms with Gasteiger partial charge < -0.3 is 10.4 Å². The normalized spacial score (nSPS) is 30.4. The summed E-state index contributed by atoms with van der Waals surface area (Å²) in [7, 11) is 0. The Kier molecular flexibility index (Phi) is 3.34. The monoisotopic (exact) mass is 170 g/mol. The van der Waals surface area contributed by atoms with Gasteiger partial charge in [0.2, 0.25) is 0 Å². The summed E-state index contributed by atoms with van der Waals surface area (Å²) in [4.78, 5) is 2.65. The molecular formula is C7H14N4O. The van der Waals surface area contributed by atoms with Crippen LogP contribution in [0.5, 0.6) is 0 Å². The van der Waals surface area contributed by atoms with Crippen LogP contribution in [0.2, 0.25) is 0 Å². The standard InChI is InChI=1S/C7H14N4O/c8-11-10-6-7(12)2-1-4-9-5-3-7/h9,12H,1-6H2. The van der Waals surface area contributed by atoms with Gasteiger partial charge in [0.15, 0.2) is 0 Å². The second-order valence-corrected chi connectivity index (χ2v) is 3.22. The summed E-state index contributed by atoms with van der Waals surface area (Å²) in [6, 6.07) is 0. The second-order valence-electron chi connectivity index (χ2n) is 3.22. The van der Waals surface area contributed by atoms with E-state index in [-0.39, 0.29) is 6.54 Å². The van der Waals surface area contributed by atoms with Crippen molar-refractivity contribution in [1.29, 1.82) is 0 Å². The highest BCUT2D eigenvalue weighted by Gasteiger charge is 2.26. The average molecular weight is 170 g/mol. The zero-order valence-corrected chi connectivity index (χ0v) is 7.03. The molecule has 1 saturated heterocycles. The van der Waals surface area contributed by atoms with Crippen LogP contribution in [-0.2, 0) is 0 Å².